The maximum atomic E-state index is 11.1. The molecule has 0 bridgehead atoms. The van der Waals surface area contributed by atoms with Crippen LogP contribution >= 0.6 is 0 Å². The normalized spacial score (nSPS) is 24.7. The van der Waals surface area contributed by atoms with Gasteiger partial charge in [0.25, 0.3) is 0 Å². The van der Waals surface area contributed by atoms with E-state index in [1.165, 1.54) is 4.90 Å². The summed E-state index contributed by atoms with van der Waals surface area (Å²) in [5.74, 6) is -0.656. The predicted molar refractivity (Wildman–Crippen MR) is 60.0 cm³/mol. The van der Waals surface area contributed by atoms with Crippen LogP contribution in [0, 0.1) is 5.92 Å². The Balaban J connectivity index is 2.48. The molecule has 1 heterocycles. The molecule has 1 rings (SSSR count). The van der Waals surface area contributed by atoms with Crippen LogP contribution in [0.3, 0.4) is 0 Å². The van der Waals surface area contributed by atoms with E-state index in [-0.39, 0.29) is 0 Å². The number of unbranched alkanes of at least 4 members (excludes halogenated alkanes) is 2. The first-order chi connectivity index (χ1) is 7.56. The summed E-state index contributed by atoms with van der Waals surface area (Å²) < 4.78 is 0. The van der Waals surface area contributed by atoms with Gasteiger partial charge in [-0.3, -0.25) is 0 Å². The van der Waals surface area contributed by atoms with E-state index in [2.05, 4.69) is 6.92 Å². The zero-order valence-electron chi connectivity index (χ0n) is 9.69. The fourth-order valence-electron chi connectivity index (χ4n) is 2.29. The largest absolute Gasteiger partial charge is 0.480 e. The third-order valence-electron chi connectivity index (χ3n) is 3.17. The standard InChI is InChI=1S/C11H20N2O3/c1-2-3-4-5-8-6-9(10(14)15)13(7-8)11(12)16/h8-9H,2-7H2,1H3,(H2,12,16)(H,14,15). The van der Waals surface area contributed by atoms with Gasteiger partial charge < -0.3 is 15.7 Å². The number of primary amides is 1. The number of hydrogen-bond acceptors (Lipinski definition) is 2. The van der Waals surface area contributed by atoms with Crippen molar-refractivity contribution < 1.29 is 14.7 Å². The summed E-state index contributed by atoms with van der Waals surface area (Å²) in [6.45, 7) is 2.63. The van der Waals surface area contributed by atoms with Crippen molar-refractivity contribution in [3.63, 3.8) is 0 Å². The number of nitrogens with two attached hydrogens (primary N) is 1. The summed E-state index contributed by atoms with van der Waals surface area (Å²) >= 11 is 0. The number of carboxylic acids is 1. The van der Waals surface area contributed by atoms with E-state index in [1.807, 2.05) is 0 Å². The molecule has 0 aromatic rings. The number of nitrogens with zero attached hydrogens (tertiary/aromatic N) is 1. The third kappa shape index (κ3) is 3.12. The van der Waals surface area contributed by atoms with Gasteiger partial charge in [0.2, 0.25) is 0 Å². The van der Waals surface area contributed by atoms with Gasteiger partial charge in [-0.15, -0.1) is 0 Å². The Morgan fingerprint density at radius 1 is 1.44 bits per heavy atom. The van der Waals surface area contributed by atoms with Crippen LogP contribution in [-0.4, -0.2) is 34.6 Å². The van der Waals surface area contributed by atoms with Crippen LogP contribution in [0.4, 0.5) is 4.79 Å². The lowest BCUT2D eigenvalue weighted by molar-refractivity contribution is -0.141. The van der Waals surface area contributed by atoms with Crippen molar-refractivity contribution in [1.29, 1.82) is 0 Å². The average molecular weight is 228 g/mol. The first-order valence-electron chi connectivity index (χ1n) is 5.85. The van der Waals surface area contributed by atoms with Crippen molar-refractivity contribution in [2.45, 2.75) is 45.1 Å². The second-order valence-electron chi connectivity index (χ2n) is 4.44. The molecule has 0 aromatic heterocycles. The SMILES string of the molecule is CCCCCC1CC(C(=O)O)N(C(N)=O)C1. The van der Waals surface area contributed by atoms with E-state index in [9.17, 15) is 9.59 Å². The molecular weight excluding hydrogens is 208 g/mol. The summed E-state index contributed by atoms with van der Waals surface area (Å²) in [6, 6.07) is -1.34. The average Bonchev–Trinajstić information content (AvgIpc) is 2.62. The molecule has 5 nitrogen and oxygen atoms in total. The molecule has 0 aromatic carbocycles. The van der Waals surface area contributed by atoms with E-state index in [0.717, 1.165) is 25.7 Å². The van der Waals surface area contributed by atoms with Crippen LogP contribution in [-0.2, 0) is 4.79 Å². The number of aliphatic carboxylic acids is 1. The number of rotatable bonds is 5. The summed E-state index contributed by atoms with van der Waals surface area (Å²) in [4.78, 5) is 23.3. The Morgan fingerprint density at radius 2 is 2.12 bits per heavy atom. The number of likely N-dealkylation sites (tertiary alicyclic amines) is 1. The van der Waals surface area contributed by atoms with Gasteiger partial charge in [-0.05, 0) is 18.8 Å². The van der Waals surface area contributed by atoms with Crippen LogP contribution < -0.4 is 5.73 Å². The lowest BCUT2D eigenvalue weighted by Crippen LogP contribution is -2.43. The van der Waals surface area contributed by atoms with Gasteiger partial charge in [-0.1, -0.05) is 26.2 Å². The highest BCUT2D eigenvalue weighted by Gasteiger charge is 2.38. The van der Waals surface area contributed by atoms with Crippen molar-refractivity contribution in [3.05, 3.63) is 0 Å². The lowest BCUT2D eigenvalue weighted by atomic mass is 9.98. The number of carboxylic acid groups (broad SMARTS) is 1. The summed E-state index contributed by atoms with van der Waals surface area (Å²) in [5, 5.41) is 8.97. The molecule has 0 aliphatic carbocycles. The summed E-state index contributed by atoms with van der Waals surface area (Å²) in [7, 11) is 0. The fraction of sp³-hybridized carbons (Fsp3) is 0.818. The Hall–Kier alpha value is -1.26. The van der Waals surface area contributed by atoms with E-state index >= 15 is 0 Å². The van der Waals surface area contributed by atoms with Gasteiger partial charge in [0.15, 0.2) is 0 Å². The van der Waals surface area contributed by atoms with E-state index in [4.69, 9.17) is 10.8 Å². The molecule has 1 saturated heterocycles. The second-order valence-corrected chi connectivity index (χ2v) is 4.44. The molecular formula is C11H20N2O3. The molecule has 2 atom stereocenters. The van der Waals surface area contributed by atoms with Gasteiger partial charge in [-0.25, -0.2) is 9.59 Å². The predicted octanol–water partition coefficient (Wildman–Crippen LogP) is 1.42. The van der Waals surface area contributed by atoms with Gasteiger partial charge in [0.1, 0.15) is 6.04 Å². The third-order valence-corrected chi connectivity index (χ3v) is 3.17. The molecule has 1 fully saturated rings. The number of hydrogen-bond donors (Lipinski definition) is 2. The van der Waals surface area contributed by atoms with Crippen LogP contribution in [0.2, 0.25) is 0 Å². The highest BCUT2D eigenvalue weighted by Crippen LogP contribution is 2.27. The van der Waals surface area contributed by atoms with Crippen molar-refractivity contribution in [3.8, 4) is 0 Å². The van der Waals surface area contributed by atoms with E-state index in [1.54, 1.807) is 0 Å². The lowest BCUT2D eigenvalue weighted by Gasteiger charge is -2.18. The topological polar surface area (TPSA) is 83.6 Å². The minimum Gasteiger partial charge on any atom is -0.480 e. The minimum atomic E-state index is -0.947. The number of carbonyl (C=O) groups excluding carboxylic acids is 1. The molecule has 0 radical (unpaired) electrons. The van der Waals surface area contributed by atoms with Crippen molar-refractivity contribution in [1.82, 2.24) is 4.90 Å². The second kappa shape index (κ2) is 5.72. The molecule has 0 spiro atoms. The van der Waals surface area contributed by atoms with Gasteiger partial charge in [-0.2, -0.15) is 0 Å². The zero-order valence-corrected chi connectivity index (χ0v) is 9.69. The monoisotopic (exact) mass is 228 g/mol. The molecule has 2 amide bonds. The smallest absolute Gasteiger partial charge is 0.326 e. The van der Waals surface area contributed by atoms with E-state index in [0.29, 0.717) is 18.9 Å². The van der Waals surface area contributed by atoms with Crippen molar-refractivity contribution in [2.75, 3.05) is 6.54 Å². The maximum Gasteiger partial charge on any atom is 0.326 e. The molecule has 3 N–H and O–H groups in total. The van der Waals surface area contributed by atoms with E-state index < -0.39 is 18.0 Å². The molecule has 16 heavy (non-hydrogen) atoms. The van der Waals surface area contributed by atoms with Crippen LogP contribution in [0.25, 0.3) is 0 Å². The Labute approximate surface area is 95.6 Å². The molecule has 92 valence electrons. The fourth-order valence-corrected chi connectivity index (χ4v) is 2.29. The highest BCUT2D eigenvalue weighted by molar-refractivity contribution is 5.82. The summed E-state index contributed by atoms with van der Waals surface area (Å²) in [5.41, 5.74) is 5.17. The number of urea groups is 1. The molecule has 1 aliphatic heterocycles. The van der Waals surface area contributed by atoms with Crippen LogP contribution in [0.1, 0.15) is 39.0 Å². The van der Waals surface area contributed by atoms with Crippen LogP contribution in [0.5, 0.6) is 0 Å². The Kier molecular flexibility index (Phi) is 4.58. The number of carbonyl (C=O) groups is 2. The molecule has 1 aliphatic rings. The van der Waals surface area contributed by atoms with Crippen molar-refractivity contribution >= 4 is 12.0 Å². The Bertz CT molecular complexity index is 246. The van der Waals surface area contributed by atoms with Crippen LogP contribution in [0.15, 0.2) is 0 Å². The highest BCUT2D eigenvalue weighted by atomic mass is 16.4. The molecule has 2 unspecified atom stereocenters. The minimum absolute atomic E-state index is 0.292. The summed E-state index contributed by atoms with van der Waals surface area (Å²) in [6.07, 6.45) is 4.93. The first-order valence-corrected chi connectivity index (χ1v) is 5.85. The first kappa shape index (κ1) is 12.8. The van der Waals surface area contributed by atoms with Gasteiger partial charge >= 0.3 is 12.0 Å². The molecule has 0 saturated carbocycles. The quantitative estimate of drug-likeness (QED) is 0.698. The maximum absolute atomic E-state index is 11.1. The number of amides is 2. The zero-order chi connectivity index (χ0) is 12.1. The van der Waals surface area contributed by atoms with Crippen molar-refractivity contribution in [2.24, 2.45) is 11.7 Å². The molecule has 5 heteroatoms. The Morgan fingerprint density at radius 3 is 2.56 bits per heavy atom. The van der Waals surface area contributed by atoms with Gasteiger partial charge in [0.05, 0.1) is 0 Å². The van der Waals surface area contributed by atoms with Gasteiger partial charge in [0, 0.05) is 6.54 Å².